The van der Waals surface area contributed by atoms with E-state index in [1.807, 2.05) is 16.8 Å². The van der Waals surface area contributed by atoms with Crippen molar-refractivity contribution in [3.05, 3.63) is 22.4 Å². The molecule has 0 saturated heterocycles. The maximum absolute atomic E-state index is 12.2. The Balaban J connectivity index is 1.97. The summed E-state index contributed by atoms with van der Waals surface area (Å²) in [5.41, 5.74) is 1.05. The van der Waals surface area contributed by atoms with Crippen LogP contribution < -0.4 is 5.32 Å². The zero-order valence-electron chi connectivity index (χ0n) is 11.0. The number of urea groups is 1. The number of carbonyl (C=O) groups is 2. The highest BCUT2D eigenvalue weighted by atomic mass is 32.1. The molecule has 2 amide bonds. The van der Waals surface area contributed by atoms with Crippen LogP contribution in [-0.2, 0) is 11.3 Å². The van der Waals surface area contributed by atoms with Gasteiger partial charge in [0.2, 0.25) is 0 Å². The van der Waals surface area contributed by atoms with Crippen molar-refractivity contribution < 1.29 is 19.8 Å². The van der Waals surface area contributed by atoms with Crippen LogP contribution in [0.5, 0.6) is 0 Å². The number of hydrogen-bond acceptors (Lipinski definition) is 4. The first-order valence-electron chi connectivity index (χ1n) is 6.53. The summed E-state index contributed by atoms with van der Waals surface area (Å²) in [5, 5.41) is 24.3. The van der Waals surface area contributed by atoms with Gasteiger partial charge in [-0.25, -0.2) is 9.59 Å². The molecule has 1 atom stereocenters. The van der Waals surface area contributed by atoms with E-state index < -0.39 is 12.0 Å². The minimum absolute atomic E-state index is 0.0119. The molecule has 0 unspecified atom stereocenters. The third-order valence-corrected chi connectivity index (χ3v) is 3.93. The van der Waals surface area contributed by atoms with Gasteiger partial charge in [0.05, 0.1) is 0 Å². The minimum atomic E-state index is -1.13. The van der Waals surface area contributed by atoms with Gasteiger partial charge >= 0.3 is 12.0 Å². The largest absolute Gasteiger partial charge is 0.480 e. The number of aliphatic hydroxyl groups excluding tert-OH is 1. The summed E-state index contributed by atoms with van der Waals surface area (Å²) in [7, 11) is 0. The van der Waals surface area contributed by atoms with Gasteiger partial charge in [-0.2, -0.15) is 11.3 Å². The first-order valence-corrected chi connectivity index (χ1v) is 7.48. The summed E-state index contributed by atoms with van der Waals surface area (Å²) in [6.07, 6.45) is 1.92. The summed E-state index contributed by atoms with van der Waals surface area (Å²) < 4.78 is 0. The van der Waals surface area contributed by atoms with Crippen molar-refractivity contribution in [3.63, 3.8) is 0 Å². The van der Waals surface area contributed by atoms with E-state index in [1.165, 1.54) is 0 Å². The number of carbonyl (C=O) groups excluding carboxylic acids is 1. The average Bonchev–Trinajstić information content (AvgIpc) is 3.12. The molecule has 1 saturated carbocycles. The van der Waals surface area contributed by atoms with Crippen LogP contribution in [0.15, 0.2) is 16.8 Å². The molecular formula is C13H18N2O4S. The number of aliphatic hydroxyl groups is 1. The Hall–Kier alpha value is -1.60. The van der Waals surface area contributed by atoms with Crippen molar-refractivity contribution >= 4 is 23.3 Å². The van der Waals surface area contributed by atoms with Gasteiger partial charge in [0.1, 0.15) is 6.04 Å². The van der Waals surface area contributed by atoms with Gasteiger partial charge in [0, 0.05) is 25.6 Å². The molecule has 1 heterocycles. The molecule has 1 fully saturated rings. The predicted molar refractivity (Wildman–Crippen MR) is 74.5 cm³/mol. The topological polar surface area (TPSA) is 89.9 Å². The number of aliphatic carboxylic acids is 1. The Kier molecular flexibility index (Phi) is 4.97. The Bertz CT molecular complexity index is 459. The van der Waals surface area contributed by atoms with Crippen molar-refractivity contribution in [1.82, 2.24) is 10.2 Å². The van der Waals surface area contributed by atoms with Crippen molar-refractivity contribution in [3.8, 4) is 0 Å². The Morgan fingerprint density at radius 3 is 2.75 bits per heavy atom. The van der Waals surface area contributed by atoms with Crippen LogP contribution in [0.3, 0.4) is 0 Å². The van der Waals surface area contributed by atoms with Crippen LogP contribution in [-0.4, -0.2) is 45.8 Å². The lowest BCUT2D eigenvalue weighted by molar-refractivity contribution is -0.139. The van der Waals surface area contributed by atoms with E-state index in [1.54, 1.807) is 16.2 Å². The normalized spacial score (nSPS) is 15.7. The van der Waals surface area contributed by atoms with Crippen LogP contribution in [0.25, 0.3) is 0 Å². The lowest BCUT2D eigenvalue weighted by atomic mass is 10.2. The van der Waals surface area contributed by atoms with E-state index in [4.69, 9.17) is 10.2 Å². The second-order valence-corrected chi connectivity index (χ2v) is 5.62. The number of nitrogens with one attached hydrogen (secondary N) is 1. The summed E-state index contributed by atoms with van der Waals surface area (Å²) in [6.45, 7) is 0.219. The van der Waals surface area contributed by atoms with Crippen molar-refractivity contribution in [2.45, 2.75) is 37.9 Å². The van der Waals surface area contributed by atoms with Gasteiger partial charge in [0.25, 0.3) is 0 Å². The number of amides is 2. The van der Waals surface area contributed by atoms with Crippen molar-refractivity contribution in [2.75, 3.05) is 6.61 Å². The minimum Gasteiger partial charge on any atom is -0.480 e. The fourth-order valence-corrected chi connectivity index (χ4v) is 2.61. The van der Waals surface area contributed by atoms with Crippen LogP contribution in [0, 0.1) is 0 Å². The van der Waals surface area contributed by atoms with Gasteiger partial charge in [0.15, 0.2) is 0 Å². The van der Waals surface area contributed by atoms with Gasteiger partial charge in [-0.1, -0.05) is 0 Å². The number of rotatable bonds is 7. The van der Waals surface area contributed by atoms with Crippen LogP contribution in [0.2, 0.25) is 0 Å². The van der Waals surface area contributed by atoms with Gasteiger partial charge in [-0.15, -0.1) is 0 Å². The fraction of sp³-hybridized carbons (Fsp3) is 0.538. The molecule has 0 radical (unpaired) electrons. The molecule has 110 valence electrons. The number of carboxylic acids is 1. The van der Waals surface area contributed by atoms with E-state index in [2.05, 4.69) is 5.32 Å². The summed E-state index contributed by atoms with van der Waals surface area (Å²) in [6, 6.07) is 0.727. The number of nitrogens with zero attached hydrogens (tertiary/aromatic N) is 1. The standard InChI is InChI=1S/C13H18N2O4S/c16-5-3-11(12(17)18)14-13(19)15(10-1-2-10)7-9-4-6-20-8-9/h4,6,8,10-11,16H,1-3,5,7H2,(H,14,19)(H,17,18)/t11-/m1/s1. The predicted octanol–water partition coefficient (Wildman–Crippen LogP) is 1.26. The molecule has 20 heavy (non-hydrogen) atoms. The van der Waals surface area contributed by atoms with Gasteiger partial charge in [-0.3, -0.25) is 0 Å². The van der Waals surface area contributed by atoms with Crippen molar-refractivity contribution in [1.29, 1.82) is 0 Å². The molecule has 1 aliphatic carbocycles. The lowest BCUT2D eigenvalue weighted by Crippen LogP contribution is -2.48. The van der Waals surface area contributed by atoms with Crippen molar-refractivity contribution in [2.24, 2.45) is 0 Å². The average molecular weight is 298 g/mol. The second-order valence-electron chi connectivity index (χ2n) is 4.84. The van der Waals surface area contributed by atoms with E-state index >= 15 is 0 Å². The molecule has 0 aromatic carbocycles. The monoisotopic (exact) mass is 298 g/mol. The third kappa shape index (κ3) is 3.94. The van der Waals surface area contributed by atoms with E-state index in [0.29, 0.717) is 6.54 Å². The number of carboxylic acid groups (broad SMARTS) is 1. The fourth-order valence-electron chi connectivity index (χ4n) is 1.95. The van der Waals surface area contributed by atoms with E-state index in [0.717, 1.165) is 18.4 Å². The number of thiophene rings is 1. The molecule has 0 spiro atoms. The molecular weight excluding hydrogens is 280 g/mol. The highest BCUT2D eigenvalue weighted by molar-refractivity contribution is 7.07. The molecule has 2 rings (SSSR count). The lowest BCUT2D eigenvalue weighted by Gasteiger charge is -2.24. The first kappa shape index (κ1) is 14.8. The third-order valence-electron chi connectivity index (χ3n) is 3.20. The van der Waals surface area contributed by atoms with E-state index in [-0.39, 0.29) is 25.1 Å². The quantitative estimate of drug-likeness (QED) is 0.707. The Morgan fingerprint density at radius 1 is 1.50 bits per heavy atom. The SMILES string of the molecule is O=C(O)[C@@H](CCO)NC(=O)N(Cc1ccsc1)C1CC1. The summed E-state index contributed by atoms with van der Waals surface area (Å²) >= 11 is 1.57. The highest BCUT2D eigenvalue weighted by Gasteiger charge is 2.34. The molecule has 1 aliphatic rings. The molecule has 1 aromatic rings. The first-order chi connectivity index (χ1) is 9.61. The highest BCUT2D eigenvalue weighted by Crippen LogP contribution is 2.28. The zero-order chi connectivity index (χ0) is 14.5. The molecule has 1 aromatic heterocycles. The maximum Gasteiger partial charge on any atom is 0.326 e. The Labute approximate surface area is 121 Å². The molecule has 7 heteroatoms. The second kappa shape index (κ2) is 6.71. The molecule has 0 aliphatic heterocycles. The number of hydrogen-bond donors (Lipinski definition) is 3. The van der Waals surface area contributed by atoms with Crippen LogP contribution in [0.1, 0.15) is 24.8 Å². The van der Waals surface area contributed by atoms with Gasteiger partial charge in [-0.05, 0) is 35.2 Å². The van der Waals surface area contributed by atoms with E-state index in [9.17, 15) is 9.59 Å². The summed E-state index contributed by atoms with van der Waals surface area (Å²) in [4.78, 5) is 24.9. The molecule has 0 bridgehead atoms. The molecule has 6 nitrogen and oxygen atoms in total. The van der Waals surface area contributed by atoms with Gasteiger partial charge < -0.3 is 20.4 Å². The van der Waals surface area contributed by atoms with Crippen LogP contribution in [0.4, 0.5) is 4.79 Å². The van der Waals surface area contributed by atoms with Crippen LogP contribution >= 0.6 is 11.3 Å². The summed E-state index contributed by atoms with van der Waals surface area (Å²) in [5.74, 6) is -1.13. The smallest absolute Gasteiger partial charge is 0.326 e. The Morgan fingerprint density at radius 2 is 2.25 bits per heavy atom. The maximum atomic E-state index is 12.2. The molecule has 3 N–H and O–H groups in total. The zero-order valence-corrected chi connectivity index (χ0v) is 11.8.